The Morgan fingerprint density at radius 2 is 1.73 bits per heavy atom. The number of nitrogens with one attached hydrogen (secondary N) is 2. The third-order valence-electron chi connectivity index (χ3n) is 4.25. The van der Waals surface area contributed by atoms with Gasteiger partial charge in [0, 0.05) is 12.1 Å². The summed E-state index contributed by atoms with van der Waals surface area (Å²) in [5, 5.41) is 5.99. The van der Waals surface area contributed by atoms with Crippen LogP contribution < -0.4 is 24.8 Å². The van der Waals surface area contributed by atoms with E-state index in [9.17, 15) is 4.79 Å². The number of hydrogen-bond donors (Lipinski definition) is 2. The maximum Gasteiger partial charge on any atom is 0.257 e. The standard InChI is InChI=1S/C23H30N2O4S/c1-4-6-14-28-19-10-8-18(9-11-19)22(26)25-23(30)24-16-17-7-12-20(29-13-5-2)21(15-17)27-3/h7-12,15H,4-6,13-14,16H2,1-3H3,(H2,24,25,26,30). The van der Waals surface area contributed by atoms with E-state index in [0.29, 0.717) is 36.8 Å². The lowest BCUT2D eigenvalue weighted by molar-refractivity contribution is 0.0976. The monoisotopic (exact) mass is 430 g/mol. The molecule has 162 valence electrons. The van der Waals surface area contributed by atoms with Gasteiger partial charge in [-0.3, -0.25) is 10.1 Å². The topological polar surface area (TPSA) is 68.8 Å². The first kappa shape index (κ1) is 23.5. The van der Waals surface area contributed by atoms with Crippen molar-refractivity contribution in [2.24, 2.45) is 0 Å². The van der Waals surface area contributed by atoms with Crippen molar-refractivity contribution in [1.82, 2.24) is 10.6 Å². The summed E-state index contributed by atoms with van der Waals surface area (Å²) in [6.45, 7) is 5.92. The first-order chi connectivity index (χ1) is 14.6. The van der Waals surface area contributed by atoms with Gasteiger partial charge in [0.2, 0.25) is 0 Å². The van der Waals surface area contributed by atoms with E-state index in [1.165, 1.54) is 0 Å². The smallest absolute Gasteiger partial charge is 0.257 e. The molecule has 2 aromatic carbocycles. The first-order valence-corrected chi connectivity index (χ1v) is 10.6. The number of rotatable bonds is 11. The van der Waals surface area contributed by atoms with E-state index in [-0.39, 0.29) is 11.0 Å². The second-order valence-electron chi connectivity index (χ2n) is 6.70. The second kappa shape index (κ2) is 12.7. The van der Waals surface area contributed by atoms with Crippen molar-refractivity contribution < 1.29 is 19.0 Å². The zero-order valence-corrected chi connectivity index (χ0v) is 18.6. The van der Waals surface area contributed by atoms with Crippen LogP contribution in [-0.2, 0) is 6.54 Å². The molecule has 0 aliphatic rings. The van der Waals surface area contributed by atoms with Gasteiger partial charge in [0.15, 0.2) is 16.6 Å². The van der Waals surface area contributed by atoms with Crippen molar-refractivity contribution in [3.05, 3.63) is 53.6 Å². The summed E-state index contributed by atoms with van der Waals surface area (Å²) in [5.41, 5.74) is 1.47. The van der Waals surface area contributed by atoms with E-state index in [1.54, 1.807) is 31.4 Å². The van der Waals surface area contributed by atoms with Gasteiger partial charge in [0.05, 0.1) is 20.3 Å². The molecule has 0 atom stereocenters. The van der Waals surface area contributed by atoms with Gasteiger partial charge < -0.3 is 19.5 Å². The number of thiocarbonyl (C=S) groups is 1. The highest BCUT2D eigenvalue weighted by molar-refractivity contribution is 7.80. The highest BCUT2D eigenvalue weighted by Crippen LogP contribution is 2.28. The molecule has 0 radical (unpaired) electrons. The van der Waals surface area contributed by atoms with Crippen molar-refractivity contribution in [1.29, 1.82) is 0 Å². The van der Waals surface area contributed by atoms with Gasteiger partial charge in [-0.15, -0.1) is 0 Å². The number of hydrogen-bond acceptors (Lipinski definition) is 5. The molecule has 0 bridgehead atoms. The molecule has 30 heavy (non-hydrogen) atoms. The minimum absolute atomic E-state index is 0.258. The highest BCUT2D eigenvalue weighted by atomic mass is 32.1. The van der Waals surface area contributed by atoms with Crippen LogP contribution in [0, 0.1) is 0 Å². The Hall–Kier alpha value is -2.80. The molecule has 2 aromatic rings. The summed E-state index contributed by atoms with van der Waals surface area (Å²) in [7, 11) is 1.61. The predicted molar refractivity (Wildman–Crippen MR) is 123 cm³/mol. The maximum atomic E-state index is 12.4. The average molecular weight is 431 g/mol. The number of unbranched alkanes of at least 4 members (excludes halogenated alkanes) is 1. The van der Waals surface area contributed by atoms with Crippen molar-refractivity contribution in [3.8, 4) is 17.2 Å². The summed E-state index contributed by atoms with van der Waals surface area (Å²) in [4.78, 5) is 12.4. The minimum Gasteiger partial charge on any atom is -0.494 e. The molecule has 6 nitrogen and oxygen atoms in total. The van der Waals surface area contributed by atoms with Gasteiger partial charge in [-0.2, -0.15) is 0 Å². The van der Waals surface area contributed by atoms with Gasteiger partial charge in [0.1, 0.15) is 5.75 Å². The van der Waals surface area contributed by atoms with Crippen LogP contribution >= 0.6 is 12.2 Å². The van der Waals surface area contributed by atoms with E-state index in [1.807, 2.05) is 18.2 Å². The third kappa shape index (κ3) is 7.55. The normalized spacial score (nSPS) is 10.2. The van der Waals surface area contributed by atoms with Crippen LogP contribution in [0.2, 0.25) is 0 Å². The van der Waals surface area contributed by atoms with Crippen LogP contribution in [-0.4, -0.2) is 31.3 Å². The van der Waals surface area contributed by atoms with Gasteiger partial charge in [0.25, 0.3) is 5.91 Å². The molecular formula is C23H30N2O4S. The van der Waals surface area contributed by atoms with Gasteiger partial charge in [-0.25, -0.2) is 0 Å². The molecule has 2 rings (SSSR count). The van der Waals surface area contributed by atoms with Gasteiger partial charge >= 0.3 is 0 Å². The fourth-order valence-electron chi connectivity index (χ4n) is 2.59. The van der Waals surface area contributed by atoms with Gasteiger partial charge in [-0.05, 0) is 67.0 Å². The molecule has 2 N–H and O–H groups in total. The van der Waals surface area contributed by atoms with Crippen LogP contribution in [0.15, 0.2) is 42.5 Å². The number of ether oxygens (including phenoxy) is 3. The maximum absolute atomic E-state index is 12.4. The van der Waals surface area contributed by atoms with Crippen molar-refractivity contribution in [2.75, 3.05) is 20.3 Å². The Morgan fingerprint density at radius 1 is 0.967 bits per heavy atom. The fourth-order valence-corrected chi connectivity index (χ4v) is 2.76. The highest BCUT2D eigenvalue weighted by Gasteiger charge is 2.09. The molecule has 0 heterocycles. The lowest BCUT2D eigenvalue weighted by Gasteiger charge is -2.13. The summed E-state index contributed by atoms with van der Waals surface area (Å²) in [6, 6.07) is 12.7. The SMILES string of the molecule is CCCCOc1ccc(C(=O)NC(=S)NCc2ccc(OCCC)c(OC)c2)cc1. The third-order valence-corrected chi connectivity index (χ3v) is 4.50. The molecule has 0 aliphatic carbocycles. The van der Waals surface area contributed by atoms with E-state index >= 15 is 0 Å². The summed E-state index contributed by atoms with van der Waals surface area (Å²) in [6.07, 6.45) is 3.01. The molecule has 0 spiro atoms. The Morgan fingerprint density at radius 3 is 2.40 bits per heavy atom. The Labute approximate surface area is 183 Å². The molecule has 1 amide bonds. The zero-order valence-electron chi connectivity index (χ0n) is 17.8. The second-order valence-corrected chi connectivity index (χ2v) is 7.11. The molecule has 0 saturated carbocycles. The van der Waals surface area contributed by atoms with Crippen molar-refractivity contribution in [3.63, 3.8) is 0 Å². The molecule has 0 saturated heterocycles. The number of benzene rings is 2. The Kier molecular flexibility index (Phi) is 9.94. The first-order valence-electron chi connectivity index (χ1n) is 10.2. The molecular weight excluding hydrogens is 400 g/mol. The Balaban J connectivity index is 1.84. The van der Waals surface area contributed by atoms with E-state index in [0.717, 1.165) is 30.6 Å². The van der Waals surface area contributed by atoms with Crippen molar-refractivity contribution in [2.45, 2.75) is 39.7 Å². The van der Waals surface area contributed by atoms with Crippen LogP contribution in [0.4, 0.5) is 0 Å². The number of amides is 1. The van der Waals surface area contributed by atoms with Gasteiger partial charge in [-0.1, -0.05) is 26.3 Å². The predicted octanol–water partition coefficient (Wildman–Crippen LogP) is 4.47. The van der Waals surface area contributed by atoms with Crippen molar-refractivity contribution >= 4 is 23.2 Å². The lowest BCUT2D eigenvalue weighted by atomic mass is 10.2. The summed E-state index contributed by atoms with van der Waals surface area (Å²) >= 11 is 5.25. The number of methoxy groups -OCH3 is 1. The van der Waals surface area contributed by atoms with E-state index in [4.69, 9.17) is 26.4 Å². The van der Waals surface area contributed by atoms with E-state index in [2.05, 4.69) is 24.5 Å². The average Bonchev–Trinajstić information content (AvgIpc) is 2.77. The lowest BCUT2D eigenvalue weighted by Crippen LogP contribution is -2.38. The largest absolute Gasteiger partial charge is 0.494 e. The van der Waals surface area contributed by atoms with Crippen LogP contribution in [0.1, 0.15) is 49.0 Å². The molecule has 0 unspecified atom stereocenters. The molecule has 7 heteroatoms. The van der Waals surface area contributed by atoms with Crippen LogP contribution in [0.25, 0.3) is 0 Å². The molecule has 0 aromatic heterocycles. The molecule has 0 aliphatic heterocycles. The number of carbonyl (C=O) groups excluding carboxylic acids is 1. The summed E-state index contributed by atoms with van der Waals surface area (Å²) < 4.78 is 16.7. The van der Waals surface area contributed by atoms with Crippen LogP contribution in [0.3, 0.4) is 0 Å². The molecule has 0 fully saturated rings. The fraction of sp³-hybridized carbons (Fsp3) is 0.391. The van der Waals surface area contributed by atoms with Crippen LogP contribution in [0.5, 0.6) is 17.2 Å². The van der Waals surface area contributed by atoms with E-state index < -0.39 is 0 Å². The summed E-state index contributed by atoms with van der Waals surface area (Å²) in [5.74, 6) is 1.86. The Bertz CT molecular complexity index is 824. The minimum atomic E-state index is -0.270. The number of carbonyl (C=O) groups is 1. The quantitative estimate of drug-likeness (QED) is 0.405. The zero-order chi connectivity index (χ0) is 21.8.